The molecule has 0 saturated heterocycles. The predicted molar refractivity (Wildman–Crippen MR) is 78.2 cm³/mol. The standard InChI is InChI=1S/C16H18F2N2/c1-2-20(15-9-4-3-7-13(15)17)16-12(10-11-19)6-5-8-14(16)18/h3-9H,2,10-11,19H2,1H3. The van der Waals surface area contributed by atoms with Crippen LogP contribution in [-0.2, 0) is 6.42 Å². The maximum atomic E-state index is 14.2. The summed E-state index contributed by atoms with van der Waals surface area (Å²) < 4.78 is 28.2. The van der Waals surface area contributed by atoms with Gasteiger partial charge in [0.2, 0.25) is 0 Å². The van der Waals surface area contributed by atoms with Crippen molar-refractivity contribution in [2.75, 3.05) is 18.0 Å². The minimum absolute atomic E-state index is 0.360. The maximum Gasteiger partial charge on any atom is 0.147 e. The largest absolute Gasteiger partial charge is 0.337 e. The topological polar surface area (TPSA) is 29.3 Å². The number of nitrogens with two attached hydrogens (primary N) is 1. The Morgan fingerprint density at radius 2 is 1.70 bits per heavy atom. The molecular formula is C16H18F2N2. The Morgan fingerprint density at radius 3 is 2.35 bits per heavy atom. The highest BCUT2D eigenvalue weighted by Gasteiger charge is 2.18. The van der Waals surface area contributed by atoms with Crippen molar-refractivity contribution in [1.29, 1.82) is 0 Å². The van der Waals surface area contributed by atoms with E-state index in [1.807, 2.05) is 13.0 Å². The zero-order valence-corrected chi connectivity index (χ0v) is 11.4. The predicted octanol–water partition coefficient (Wildman–Crippen LogP) is 3.62. The quantitative estimate of drug-likeness (QED) is 0.903. The van der Waals surface area contributed by atoms with E-state index >= 15 is 0 Å². The molecular weight excluding hydrogens is 258 g/mol. The van der Waals surface area contributed by atoms with Gasteiger partial charge in [0.1, 0.15) is 11.6 Å². The number of para-hydroxylation sites is 2. The van der Waals surface area contributed by atoms with Gasteiger partial charge in [-0.3, -0.25) is 0 Å². The molecule has 0 unspecified atom stereocenters. The Kier molecular flexibility index (Phi) is 4.69. The Labute approximate surface area is 117 Å². The van der Waals surface area contributed by atoms with Gasteiger partial charge in [0.25, 0.3) is 0 Å². The van der Waals surface area contributed by atoms with E-state index in [0.29, 0.717) is 30.9 Å². The third-order valence-electron chi connectivity index (χ3n) is 3.21. The van der Waals surface area contributed by atoms with Crippen molar-refractivity contribution in [3.05, 3.63) is 59.7 Å². The van der Waals surface area contributed by atoms with Gasteiger partial charge in [0.15, 0.2) is 0 Å². The summed E-state index contributed by atoms with van der Waals surface area (Å²) >= 11 is 0. The third kappa shape index (κ3) is 2.80. The lowest BCUT2D eigenvalue weighted by Crippen LogP contribution is -2.21. The summed E-state index contributed by atoms with van der Waals surface area (Å²) in [6.07, 6.45) is 0.554. The van der Waals surface area contributed by atoms with Crippen LogP contribution in [0.3, 0.4) is 0 Å². The van der Waals surface area contributed by atoms with Gasteiger partial charge in [0, 0.05) is 6.54 Å². The van der Waals surface area contributed by atoms with Gasteiger partial charge in [-0.1, -0.05) is 24.3 Å². The summed E-state index contributed by atoms with van der Waals surface area (Å²) in [5, 5.41) is 0. The van der Waals surface area contributed by atoms with E-state index in [1.165, 1.54) is 12.1 Å². The molecule has 2 rings (SSSR count). The van der Waals surface area contributed by atoms with Crippen molar-refractivity contribution in [3.8, 4) is 0 Å². The van der Waals surface area contributed by atoms with Crippen LogP contribution in [0.4, 0.5) is 20.2 Å². The van der Waals surface area contributed by atoms with Crippen LogP contribution in [-0.4, -0.2) is 13.1 Å². The minimum Gasteiger partial charge on any atom is -0.337 e. The monoisotopic (exact) mass is 276 g/mol. The molecule has 106 valence electrons. The fourth-order valence-corrected chi connectivity index (χ4v) is 2.34. The molecule has 0 aliphatic rings. The molecule has 0 fully saturated rings. The zero-order chi connectivity index (χ0) is 14.5. The van der Waals surface area contributed by atoms with Crippen LogP contribution in [0.15, 0.2) is 42.5 Å². The molecule has 0 spiro atoms. The van der Waals surface area contributed by atoms with Gasteiger partial charge in [0.05, 0.1) is 11.4 Å². The lowest BCUT2D eigenvalue weighted by atomic mass is 10.1. The first-order chi connectivity index (χ1) is 9.69. The van der Waals surface area contributed by atoms with Gasteiger partial charge in [-0.2, -0.15) is 0 Å². The van der Waals surface area contributed by atoms with E-state index in [2.05, 4.69) is 0 Å². The van der Waals surface area contributed by atoms with Gasteiger partial charge in [-0.15, -0.1) is 0 Å². The van der Waals surface area contributed by atoms with Crippen molar-refractivity contribution >= 4 is 11.4 Å². The molecule has 0 aliphatic heterocycles. The first-order valence-electron chi connectivity index (χ1n) is 6.68. The van der Waals surface area contributed by atoms with Crippen molar-refractivity contribution in [2.24, 2.45) is 5.73 Å². The van der Waals surface area contributed by atoms with Crippen molar-refractivity contribution in [1.82, 2.24) is 0 Å². The average molecular weight is 276 g/mol. The second-order valence-electron chi connectivity index (χ2n) is 4.48. The number of nitrogens with zero attached hydrogens (tertiary/aromatic N) is 1. The fourth-order valence-electron chi connectivity index (χ4n) is 2.34. The first-order valence-corrected chi connectivity index (χ1v) is 6.68. The van der Waals surface area contributed by atoms with Crippen LogP contribution in [0.1, 0.15) is 12.5 Å². The molecule has 20 heavy (non-hydrogen) atoms. The van der Waals surface area contributed by atoms with Gasteiger partial charge < -0.3 is 10.6 Å². The number of hydrogen-bond acceptors (Lipinski definition) is 2. The summed E-state index contributed by atoms with van der Waals surface area (Å²) in [6.45, 7) is 2.76. The summed E-state index contributed by atoms with van der Waals surface area (Å²) in [5.74, 6) is -0.725. The molecule has 2 aromatic rings. The van der Waals surface area contributed by atoms with Crippen molar-refractivity contribution in [3.63, 3.8) is 0 Å². The van der Waals surface area contributed by atoms with Crippen LogP contribution in [0.2, 0.25) is 0 Å². The molecule has 2 nitrogen and oxygen atoms in total. The van der Waals surface area contributed by atoms with E-state index in [-0.39, 0.29) is 11.6 Å². The minimum atomic E-state index is -0.365. The van der Waals surface area contributed by atoms with Gasteiger partial charge >= 0.3 is 0 Å². The molecule has 0 amide bonds. The maximum absolute atomic E-state index is 14.2. The molecule has 0 heterocycles. The second-order valence-corrected chi connectivity index (χ2v) is 4.48. The number of rotatable bonds is 5. The SMILES string of the molecule is CCN(c1ccccc1F)c1c(F)cccc1CCN. The smallest absolute Gasteiger partial charge is 0.147 e. The van der Waals surface area contributed by atoms with Crippen molar-refractivity contribution < 1.29 is 8.78 Å². The first kappa shape index (κ1) is 14.5. The lowest BCUT2D eigenvalue weighted by molar-refractivity contribution is 0.612. The van der Waals surface area contributed by atoms with Crippen LogP contribution >= 0.6 is 0 Å². The highest BCUT2D eigenvalue weighted by Crippen LogP contribution is 2.32. The van der Waals surface area contributed by atoms with Gasteiger partial charge in [-0.05, 0) is 43.7 Å². The van der Waals surface area contributed by atoms with E-state index in [9.17, 15) is 8.78 Å². The van der Waals surface area contributed by atoms with Crippen molar-refractivity contribution in [2.45, 2.75) is 13.3 Å². The number of hydrogen-bond donors (Lipinski definition) is 1. The lowest BCUT2D eigenvalue weighted by Gasteiger charge is -2.26. The van der Waals surface area contributed by atoms with Crippen LogP contribution < -0.4 is 10.6 Å². The Bertz CT molecular complexity index is 584. The number of anilines is 2. The molecule has 0 aromatic heterocycles. The van der Waals surface area contributed by atoms with E-state index in [1.54, 1.807) is 29.2 Å². The number of benzene rings is 2. The van der Waals surface area contributed by atoms with Gasteiger partial charge in [-0.25, -0.2) is 8.78 Å². The molecule has 0 atom stereocenters. The zero-order valence-electron chi connectivity index (χ0n) is 11.4. The van der Waals surface area contributed by atoms with Crippen LogP contribution in [0, 0.1) is 11.6 Å². The molecule has 0 bridgehead atoms. The molecule has 4 heteroatoms. The summed E-state index contributed by atoms with van der Waals surface area (Å²) in [5.41, 5.74) is 7.15. The summed E-state index contributed by atoms with van der Waals surface area (Å²) in [6, 6.07) is 11.3. The Balaban J connectivity index is 2.55. The van der Waals surface area contributed by atoms with E-state index in [4.69, 9.17) is 5.73 Å². The van der Waals surface area contributed by atoms with E-state index in [0.717, 1.165) is 5.56 Å². The van der Waals surface area contributed by atoms with E-state index < -0.39 is 0 Å². The second kappa shape index (κ2) is 6.48. The highest BCUT2D eigenvalue weighted by atomic mass is 19.1. The average Bonchev–Trinajstić information content (AvgIpc) is 2.44. The summed E-state index contributed by atoms with van der Waals surface area (Å²) in [7, 11) is 0. The normalized spacial score (nSPS) is 10.6. The van der Waals surface area contributed by atoms with Crippen LogP contribution in [0.25, 0.3) is 0 Å². The fraction of sp³-hybridized carbons (Fsp3) is 0.250. The Hall–Kier alpha value is -1.94. The third-order valence-corrected chi connectivity index (χ3v) is 3.21. The molecule has 2 N–H and O–H groups in total. The molecule has 0 saturated carbocycles. The molecule has 2 aromatic carbocycles. The number of halogens is 2. The molecule has 0 aliphatic carbocycles. The summed E-state index contributed by atoms with van der Waals surface area (Å²) in [4.78, 5) is 1.65. The van der Waals surface area contributed by atoms with Crippen LogP contribution in [0.5, 0.6) is 0 Å². The molecule has 0 radical (unpaired) electrons. The Morgan fingerprint density at radius 1 is 1.00 bits per heavy atom. The highest BCUT2D eigenvalue weighted by molar-refractivity contribution is 5.67.